The highest BCUT2D eigenvalue weighted by molar-refractivity contribution is 4.93. The van der Waals surface area contributed by atoms with Crippen molar-refractivity contribution in [2.24, 2.45) is 0 Å². The first-order valence-corrected chi connectivity index (χ1v) is 4.77. The molecule has 2 aliphatic rings. The molecule has 64 valence electrons. The van der Waals surface area contributed by atoms with Crippen LogP contribution in [0, 0.1) is 0 Å². The monoisotopic (exact) mass is 154 g/mol. The zero-order valence-corrected chi connectivity index (χ0v) is 7.51. The van der Waals surface area contributed by atoms with Gasteiger partial charge in [-0.25, -0.2) is 0 Å². The lowest BCUT2D eigenvalue weighted by Crippen LogP contribution is -2.59. The Balaban J connectivity index is 1.98. The van der Waals surface area contributed by atoms with Gasteiger partial charge in [-0.15, -0.1) is 0 Å². The van der Waals surface area contributed by atoms with Crippen molar-refractivity contribution in [2.75, 3.05) is 13.1 Å². The van der Waals surface area contributed by atoms with Crippen LogP contribution in [0.25, 0.3) is 0 Å². The van der Waals surface area contributed by atoms with Gasteiger partial charge in [0.25, 0.3) is 0 Å². The largest absolute Gasteiger partial charge is 0.314 e. The maximum Gasteiger partial charge on any atom is 0.0351 e. The third-order valence-electron chi connectivity index (χ3n) is 3.20. The molecule has 2 heterocycles. The van der Waals surface area contributed by atoms with Gasteiger partial charge in [-0.05, 0) is 26.7 Å². The van der Waals surface area contributed by atoms with E-state index in [1.165, 1.54) is 25.9 Å². The highest BCUT2D eigenvalue weighted by Crippen LogP contribution is 2.26. The fraction of sp³-hybridized carbons (Fsp3) is 1.00. The Hall–Kier alpha value is -0.0800. The second-order valence-electron chi connectivity index (χ2n) is 4.03. The number of nitrogens with one attached hydrogen (secondary N) is 1. The zero-order chi connectivity index (χ0) is 7.84. The summed E-state index contributed by atoms with van der Waals surface area (Å²) >= 11 is 0. The van der Waals surface area contributed by atoms with Crippen LogP contribution in [-0.4, -0.2) is 36.1 Å². The summed E-state index contributed by atoms with van der Waals surface area (Å²) in [5, 5.41) is 3.34. The molecule has 0 radical (unpaired) electrons. The van der Waals surface area contributed by atoms with Crippen molar-refractivity contribution >= 4 is 0 Å². The first-order valence-electron chi connectivity index (χ1n) is 4.77. The molecule has 2 fully saturated rings. The molecule has 0 aromatic rings. The summed E-state index contributed by atoms with van der Waals surface area (Å²) in [5.74, 6) is 0. The Bertz CT molecular complexity index is 132. The quantitative estimate of drug-likeness (QED) is 0.602. The van der Waals surface area contributed by atoms with Gasteiger partial charge in [-0.3, -0.25) is 4.90 Å². The van der Waals surface area contributed by atoms with E-state index in [9.17, 15) is 0 Å². The second kappa shape index (κ2) is 2.76. The Kier molecular flexibility index (Phi) is 1.90. The molecule has 0 bridgehead atoms. The average molecular weight is 154 g/mol. The summed E-state index contributed by atoms with van der Waals surface area (Å²) in [4.78, 5) is 2.69. The molecule has 2 saturated heterocycles. The van der Waals surface area contributed by atoms with Gasteiger partial charge in [0.15, 0.2) is 0 Å². The SMILES string of the molecule is CC1CCC(C)N1C1CNC1. The number of nitrogens with zero attached hydrogens (tertiary/aromatic N) is 1. The van der Waals surface area contributed by atoms with Gasteiger partial charge >= 0.3 is 0 Å². The average Bonchev–Trinajstić information content (AvgIpc) is 2.15. The van der Waals surface area contributed by atoms with Crippen LogP contribution in [0.4, 0.5) is 0 Å². The second-order valence-corrected chi connectivity index (χ2v) is 4.03. The molecule has 2 atom stereocenters. The lowest BCUT2D eigenvalue weighted by molar-refractivity contribution is 0.104. The number of likely N-dealkylation sites (tertiary alicyclic amines) is 1. The minimum atomic E-state index is 0.831. The van der Waals surface area contributed by atoms with E-state index in [1.54, 1.807) is 0 Å². The molecule has 0 spiro atoms. The molecular weight excluding hydrogens is 136 g/mol. The Morgan fingerprint density at radius 2 is 1.64 bits per heavy atom. The van der Waals surface area contributed by atoms with Gasteiger partial charge in [0.2, 0.25) is 0 Å². The first-order chi connectivity index (χ1) is 5.29. The Morgan fingerprint density at radius 1 is 1.09 bits per heavy atom. The van der Waals surface area contributed by atoms with Crippen LogP contribution in [0.5, 0.6) is 0 Å². The van der Waals surface area contributed by atoms with Crippen molar-refractivity contribution in [3.8, 4) is 0 Å². The van der Waals surface area contributed by atoms with Gasteiger partial charge in [-0.2, -0.15) is 0 Å². The molecule has 0 amide bonds. The smallest absolute Gasteiger partial charge is 0.0351 e. The highest BCUT2D eigenvalue weighted by atomic mass is 15.3. The fourth-order valence-electron chi connectivity index (χ4n) is 2.42. The van der Waals surface area contributed by atoms with Crippen molar-refractivity contribution in [2.45, 2.75) is 44.8 Å². The molecule has 2 aliphatic heterocycles. The zero-order valence-electron chi connectivity index (χ0n) is 7.51. The van der Waals surface area contributed by atoms with E-state index in [0.717, 1.165) is 18.1 Å². The molecule has 0 saturated carbocycles. The molecule has 1 N–H and O–H groups in total. The number of hydrogen-bond acceptors (Lipinski definition) is 2. The molecule has 2 unspecified atom stereocenters. The molecule has 2 nitrogen and oxygen atoms in total. The van der Waals surface area contributed by atoms with Gasteiger partial charge in [0.1, 0.15) is 0 Å². The van der Waals surface area contributed by atoms with Gasteiger partial charge in [0.05, 0.1) is 0 Å². The Labute approximate surface area is 69.0 Å². The molecule has 0 aromatic heterocycles. The van der Waals surface area contributed by atoms with E-state index in [2.05, 4.69) is 24.1 Å². The molecule has 0 aliphatic carbocycles. The van der Waals surface area contributed by atoms with Crippen molar-refractivity contribution in [1.29, 1.82) is 0 Å². The summed E-state index contributed by atoms with van der Waals surface area (Å²) in [6, 6.07) is 2.51. The van der Waals surface area contributed by atoms with E-state index in [1.807, 2.05) is 0 Å². The lowest BCUT2D eigenvalue weighted by atomic mass is 10.1. The summed E-state index contributed by atoms with van der Waals surface area (Å²) in [5.41, 5.74) is 0. The summed E-state index contributed by atoms with van der Waals surface area (Å²) in [7, 11) is 0. The van der Waals surface area contributed by atoms with Crippen molar-refractivity contribution in [3.05, 3.63) is 0 Å². The minimum absolute atomic E-state index is 0.831. The standard InChI is InChI=1S/C9H18N2/c1-7-3-4-8(2)11(7)9-5-10-6-9/h7-10H,3-6H2,1-2H3. The molecule has 2 rings (SSSR count). The molecular formula is C9H18N2. The van der Waals surface area contributed by atoms with Crippen LogP contribution in [0.2, 0.25) is 0 Å². The predicted octanol–water partition coefficient (Wildman–Crippen LogP) is 0.831. The normalized spacial score (nSPS) is 40.9. The van der Waals surface area contributed by atoms with Crippen LogP contribution < -0.4 is 5.32 Å². The van der Waals surface area contributed by atoms with Gasteiger partial charge < -0.3 is 5.32 Å². The van der Waals surface area contributed by atoms with Crippen LogP contribution in [0.3, 0.4) is 0 Å². The first kappa shape index (κ1) is 7.56. The van der Waals surface area contributed by atoms with Crippen molar-refractivity contribution in [1.82, 2.24) is 10.2 Å². The number of hydrogen-bond donors (Lipinski definition) is 1. The van der Waals surface area contributed by atoms with Crippen molar-refractivity contribution < 1.29 is 0 Å². The summed E-state index contributed by atoms with van der Waals surface area (Å²) in [6.45, 7) is 7.16. The highest BCUT2D eigenvalue weighted by Gasteiger charge is 2.35. The maximum absolute atomic E-state index is 3.34. The Morgan fingerprint density at radius 3 is 2.00 bits per heavy atom. The summed E-state index contributed by atoms with van der Waals surface area (Å²) < 4.78 is 0. The van der Waals surface area contributed by atoms with Crippen LogP contribution in [0.1, 0.15) is 26.7 Å². The molecule has 2 heteroatoms. The lowest BCUT2D eigenvalue weighted by Gasteiger charge is -2.40. The topological polar surface area (TPSA) is 15.3 Å². The molecule has 11 heavy (non-hydrogen) atoms. The van der Waals surface area contributed by atoms with E-state index < -0.39 is 0 Å². The van der Waals surface area contributed by atoms with Crippen LogP contribution in [0.15, 0.2) is 0 Å². The van der Waals surface area contributed by atoms with E-state index in [0.29, 0.717) is 0 Å². The van der Waals surface area contributed by atoms with Crippen LogP contribution >= 0.6 is 0 Å². The van der Waals surface area contributed by atoms with E-state index >= 15 is 0 Å². The maximum atomic E-state index is 3.34. The number of rotatable bonds is 1. The van der Waals surface area contributed by atoms with Gasteiger partial charge in [-0.1, -0.05) is 0 Å². The minimum Gasteiger partial charge on any atom is -0.314 e. The van der Waals surface area contributed by atoms with E-state index in [4.69, 9.17) is 0 Å². The fourth-order valence-corrected chi connectivity index (χ4v) is 2.42. The third-order valence-corrected chi connectivity index (χ3v) is 3.20. The molecule has 0 aromatic carbocycles. The van der Waals surface area contributed by atoms with E-state index in [-0.39, 0.29) is 0 Å². The van der Waals surface area contributed by atoms with Gasteiger partial charge in [0, 0.05) is 31.2 Å². The summed E-state index contributed by atoms with van der Waals surface area (Å²) in [6.07, 6.45) is 2.80. The van der Waals surface area contributed by atoms with Crippen molar-refractivity contribution in [3.63, 3.8) is 0 Å². The third kappa shape index (κ3) is 1.18. The van der Waals surface area contributed by atoms with Crippen LogP contribution in [-0.2, 0) is 0 Å². The predicted molar refractivity (Wildman–Crippen MR) is 46.7 cm³/mol.